The monoisotopic (exact) mass is 267 g/mol. The lowest BCUT2D eigenvalue weighted by molar-refractivity contribution is -0.142. The molecule has 0 aliphatic heterocycles. The molecule has 6 heteroatoms. The largest absolute Gasteiger partial charge is 0.482 e. The van der Waals surface area contributed by atoms with Crippen molar-refractivity contribution in [3.05, 3.63) is 24.3 Å². The van der Waals surface area contributed by atoms with Crippen LogP contribution >= 0.6 is 0 Å². The van der Waals surface area contributed by atoms with Crippen LogP contribution in [0.5, 0.6) is 5.75 Å². The average molecular weight is 267 g/mol. The Kier molecular flexibility index (Phi) is 6.38. The summed E-state index contributed by atoms with van der Waals surface area (Å²) in [5.41, 5.74) is 0.633. The standard InChI is InChI=1S/C13H17NO5/c1-18-13(17)9-19-11-6-4-10(5-7-11)14-12(16)3-2-8-15/h4-7,15H,2-3,8-9H2,1H3,(H,14,16). The maximum Gasteiger partial charge on any atom is 0.343 e. The van der Waals surface area contributed by atoms with Crippen LogP contribution in [0.1, 0.15) is 12.8 Å². The van der Waals surface area contributed by atoms with E-state index in [2.05, 4.69) is 10.1 Å². The molecule has 0 aliphatic rings. The van der Waals surface area contributed by atoms with Crippen LogP contribution in [-0.2, 0) is 14.3 Å². The van der Waals surface area contributed by atoms with E-state index < -0.39 is 5.97 Å². The van der Waals surface area contributed by atoms with Crippen LogP contribution in [0.4, 0.5) is 5.69 Å². The first-order chi connectivity index (χ1) is 9.15. The highest BCUT2D eigenvalue weighted by Crippen LogP contribution is 2.15. The smallest absolute Gasteiger partial charge is 0.343 e. The van der Waals surface area contributed by atoms with Gasteiger partial charge in [0.05, 0.1) is 7.11 Å². The maximum atomic E-state index is 11.4. The van der Waals surface area contributed by atoms with Crippen molar-refractivity contribution in [1.82, 2.24) is 0 Å². The quantitative estimate of drug-likeness (QED) is 0.718. The first kappa shape index (κ1) is 15.0. The van der Waals surface area contributed by atoms with E-state index in [1.54, 1.807) is 24.3 Å². The molecule has 0 radical (unpaired) electrons. The number of methoxy groups -OCH3 is 1. The lowest BCUT2D eigenvalue weighted by Crippen LogP contribution is -2.13. The Bertz CT molecular complexity index is 416. The Labute approximate surface area is 111 Å². The number of aliphatic hydroxyl groups is 1. The molecular weight excluding hydrogens is 250 g/mol. The third-order valence-electron chi connectivity index (χ3n) is 2.28. The molecule has 0 aliphatic carbocycles. The topological polar surface area (TPSA) is 84.9 Å². The van der Waals surface area contributed by atoms with Gasteiger partial charge >= 0.3 is 5.97 Å². The molecule has 0 saturated heterocycles. The minimum absolute atomic E-state index is 0.00622. The second-order valence-electron chi connectivity index (χ2n) is 3.76. The van der Waals surface area contributed by atoms with Crippen LogP contribution in [0, 0.1) is 0 Å². The Morgan fingerprint density at radius 3 is 2.53 bits per heavy atom. The van der Waals surface area contributed by atoms with Gasteiger partial charge in [0.25, 0.3) is 0 Å². The van der Waals surface area contributed by atoms with E-state index in [0.717, 1.165) is 0 Å². The van der Waals surface area contributed by atoms with Crippen LogP contribution < -0.4 is 10.1 Å². The summed E-state index contributed by atoms with van der Waals surface area (Å²) in [5, 5.41) is 11.3. The van der Waals surface area contributed by atoms with Crippen LogP contribution in [0.2, 0.25) is 0 Å². The zero-order valence-corrected chi connectivity index (χ0v) is 10.7. The summed E-state index contributed by atoms with van der Waals surface area (Å²) in [5.74, 6) is -0.0996. The molecular formula is C13H17NO5. The number of hydrogen-bond donors (Lipinski definition) is 2. The van der Waals surface area contributed by atoms with Crippen molar-refractivity contribution in [3.63, 3.8) is 0 Å². The van der Waals surface area contributed by atoms with Crippen molar-refractivity contribution in [3.8, 4) is 5.75 Å². The molecule has 1 aromatic carbocycles. The summed E-state index contributed by atoms with van der Waals surface area (Å²) in [7, 11) is 1.29. The van der Waals surface area contributed by atoms with Gasteiger partial charge in [-0.3, -0.25) is 4.79 Å². The van der Waals surface area contributed by atoms with Crippen molar-refractivity contribution in [2.75, 3.05) is 25.6 Å². The molecule has 0 fully saturated rings. The van der Waals surface area contributed by atoms with E-state index in [-0.39, 0.29) is 25.5 Å². The van der Waals surface area contributed by atoms with Gasteiger partial charge < -0.3 is 19.9 Å². The number of esters is 1. The summed E-state index contributed by atoms with van der Waals surface area (Å²) < 4.78 is 9.61. The number of hydrogen-bond acceptors (Lipinski definition) is 5. The minimum Gasteiger partial charge on any atom is -0.482 e. The fourth-order valence-electron chi connectivity index (χ4n) is 1.30. The highest BCUT2D eigenvalue weighted by atomic mass is 16.6. The molecule has 1 rings (SSSR count). The number of carbonyl (C=O) groups is 2. The summed E-state index contributed by atoms with van der Waals surface area (Å²) in [6.07, 6.45) is 0.712. The Balaban J connectivity index is 2.43. The molecule has 2 N–H and O–H groups in total. The Morgan fingerprint density at radius 2 is 1.95 bits per heavy atom. The zero-order chi connectivity index (χ0) is 14.1. The predicted octanol–water partition coefficient (Wildman–Crippen LogP) is 0.949. The maximum absolute atomic E-state index is 11.4. The number of benzene rings is 1. The first-order valence-electron chi connectivity index (χ1n) is 5.86. The van der Waals surface area contributed by atoms with Crippen molar-refractivity contribution >= 4 is 17.6 Å². The highest BCUT2D eigenvalue weighted by Gasteiger charge is 2.04. The summed E-state index contributed by atoms with van der Waals surface area (Å²) in [6.45, 7) is -0.160. The van der Waals surface area contributed by atoms with Crippen LogP contribution in [0.15, 0.2) is 24.3 Å². The van der Waals surface area contributed by atoms with Crippen LogP contribution in [0.3, 0.4) is 0 Å². The molecule has 0 heterocycles. The molecule has 0 spiro atoms. The molecule has 1 aromatic rings. The third kappa shape index (κ3) is 5.87. The minimum atomic E-state index is -0.457. The van der Waals surface area contributed by atoms with Gasteiger partial charge in [0, 0.05) is 18.7 Å². The molecule has 19 heavy (non-hydrogen) atoms. The molecule has 0 bridgehead atoms. The third-order valence-corrected chi connectivity index (χ3v) is 2.28. The van der Waals surface area contributed by atoms with E-state index in [1.165, 1.54) is 7.11 Å². The molecule has 0 atom stereocenters. The molecule has 6 nitrogen and oxygen atoms in total. The van der Waals surface area contributed by atoms with Gasteiger partial charge in [-0.05, 0) is 30.7 Å². The number of anilines is 1. The van der Waals surface area contributed by atoms with E-state index >= 15 is 0 Å². The number of nitrogens with one attached hydrogen (secondary N) is 1. The lowest BCUT2D eigenvalue weighted by atomic mass is 10.2. The number of rotatable bonds is 7. The van der Waals surface area contributed by atoms with Gasteiger partial charge in [-0.15, -0.1) is 0 Å². The molecule has 1 amide bonds. The van der Waals surface area contributed by atoms with E-state index in [9.17, 15) is 9.59 Å². The van der Waals surface area contributed by atoms with Crippen molar-refractivity contribution in [1.29, 1.82) is 0 Å². The molecule has 0 saturated carbocycles. The van der Waals surface area contributed by atoms with E-state index in [1.807, 2.05) is 0 Å². The molecule has 0 unspecified atom stereocenters. The number of ether oxygens (including phenoxy) is 2. The summed E-state index contributed by atoms with van der Waals surface area (Å²) in [6, 6.07) is 6.63. The fourth-order valence-corrected chi connectivity index (χ4v) is 1.30. The van der Waals surface area contributed by atoms with Crippen molar-refractivity contribution < 1.29 is 24.2 Å². The summed E-state index contributed by atoms with van der Waals surface area (Å²) in [4.78, 5) is 22.3. The first-order valence-corrected chi connectivity index (χ1v) is 5.86. The SMILES string of the molecule is COC(=O)COc1ccc(NC(=O)CCCO)cc1. The fraction of sp³-hybridized carbons (Fsp3) is 0.385. The normalized spacial score (nSPS) is 9.79. The molecule has 104 valence electrons. The molecule has 0 aromatic heterocycles. The highest BCUT2D eigenvalue weighted by molar-refractivity contribution is 5.90. The van der Waals surface area contributed by atoms with Crippen LogP contribution in [0.25, 0.3) is 0 Å². The van der Waals surface area contributed by atoms with Gasteiger partial charge in [-0.2, -0.15) is 0 Å². The summed E-state index contributed by atoms with van der Waals surface area (Å²) >= 11 is 0. The van der Waals surface area contributed by atoms with E-state index in [0.29, 0.717) is 17.9 Å². The van der Waals surface area contributed by atoms with Gasteiger partial charge in [0.15, 0.2) is 6.61 Å². The van der Waals surface area contributed by atoms with Crippen molar-refractivity contribution in [2.24, 2.45) is 0 Å². The van der Waals surface area contributed by atoms with Crippen molar-refractivity contribution in [2.45, 2.75) is 12.8 Å². The Morgan fingerprint density at radius 1 is 1.26 bits per heavy atom. The average Bonchev–Trinajstić information content (AvgIpc) is 2.44. The van der Waals surface area contributed by atoms with Crippen LogP contribution in [-0.4, -0.2) is 37.3 Å². The predicted molar refractivity (Wildman–Crippen MR) is 68.9 cm³/mol. The number of amides is 1. The van der Waals surface area contributed by atoms with E-state index in [4.69, 9.17) is 9.84 Å². The van der Waals surface area contributed by atoms with Gasteiger partial charge in [0.2, 0.25) is 5.91 Å². The number of aliphatic hydroxyl groups excluding tert-OH is 1. The Hall–Kier alpha value is -2.08. The second kappa shape index (κ2) is 8.10. The van der Waals surface area contributed by atoms with Gasteiger partial charge in [0.1, 0.15) is 5.75 Å². The second-order valence-corrected chi connectivity index (χ2v) is 3.76. The lowest BCUT2D eigenvalue weighted by Gasteiger charge is -2.07. The zero-order valence-electron chi connectivity index (χ0n) is 10.7. The van der Waals surface area contributed by atoms with Gasteiger partial charge in [-0.1, -0.05) is 0 Å². The number of carbonyl (C=O) groups excluding carboxylic acids is 2. The van der Waals surface area contributed by atoms with Gasteiger partial charge in [-0.25, -0.2) is 4.79 Å².